The van der Waals surface area contributed by atoms with Crippen LogP contribution in [0.2, 0.25) is 0 Å². The Morgan fingerprint density at radius 2 is 2.08 bits per heavy atom. The normalized spacial score (nSPS) is 15.4. The molecule has 1 atom stereocenters. The second-order valence-electron chi connectivity index (χ2n) is 3.51. The fourth-order valence-corrected chi connectivity index (χ4v) is 1.18. The molecule has 4 N–H and O–H groups in total. The van der Waals surface area contributed by atoms with Crippen LogP contribution in [-0.2, 0) is 5.54 Å². The van der Waals surface area contributed by atoms with Crippen LogP contribution in [-0.4, -0.2) is 0 Å². The lowest BCUT2D eigenvalue weighted by atomic mass is 9.90. The first-order valence-corrected chi connectivity index (χ1v) is 4.32. The Balaban J connectivity index is 3.16. The van der Waals surface area contributed by atoms with Crippen LogP contribution in [0.15, 0.2) is 18.2 Å². The van der Waals surface area contributed by atoms with E-state index < -0.39 is 5.54 Å². The van der Waals surface area contributed by atoms with Crippen molar-refractivity contribution in [3.05, 3.63) is 29.6 Å². The van der Waals surface area contributed by atoms with Crippen LogP contribution in [0.3, 0.4) is 0 Å². The summed E-state index contributed by atoms with van der Waals surface area (Å²) in [6.45, 7) is 3.73. The Hall–Kier alpha value is -1.09. The van der Waals surface area contributed by atoms with E-state index in [9.17, 15) is 4.39 Å². The first-order chi connectivity index (χ1) is 5.97. The van der Waals surface area contributed by atoms with E-state index in [1.165, 1.54) is 6.07 Å². The van der Waals surface area contributed by atoms with Gasteiger partial charge in [-0.2, -0.15) is 0 Å². The Bertz CT molecular complexity index is 308. The summed E-state index contributed by atoms with van der Waals surface area (Å²) in [5, 5.41) is 0. The van der Waals surface area contributed by atoms with Crippen molar-refractivity contribution in [3.63, 3.8) is 0 Å². The van der Waals surface area contributed by atoms with E-state index in [4.69, 9.17) is 11.5 Å². The van der Waals surface area contributed by atoms with E-state index in [-0.39, 0.29) is 5.82 Å². The van der Waals surface area contributed by atoms with Crippen LogP contribution in [0.5, 0.6) is 0 Å². The maximum absolute atomic E-state index is 13.4. The predicted molar refractivity (Wildman–Crippen MR) is 52.6 cm³/mol. The van der Waals surface area contributed by atoms with Gasteiger partial charge in [0, 0.05) is 16.8 Å². The van der Waals surface area contributed by atoms with Gasteiger partial charge in [-0.15, -0.1) is 0 Å². The highest BCUT2D eigenvalue weighted by Gasteiger charge is 2.22. The van der Waals surface area contributed by atoms with Gasteiger partial charge < -0.3 is 11.5 Å². The van der Waals surface area contributed by atoms with Gasteiger partial charge in [0.05, 0.1) is 0 Å². The summed E-state index contributed by atoms with van der Waals surface area (Å²) in [6, 6.07) is 4.61. The third kappa shape index (κ3) is 1.98. The molecule has 0 aromatic heterocycles. The summed E-state index contributed by atoms with van der Waals surface area (Å²) >= 11 is 0. The molecular weight excluding hydrogens is 167 g/mol. The summed E-state index contributed by atoms with van der Waals surface area (Å²) in [4.78, 5) is 0. The molecule has 0 heterocycles. The smallest absolute Gasteiger partial charge is 0.130 e. The highest BCUT2D eigenvalue weighted by Crippen LogP contribution is 2.25. The maximum Gasteiger partial charge on any atom is 0.130 e. The molecule has 0 saturated carbocycles. The molecule has 0 radical (unpaired) electrons. The van der Waals surface area contributed by atoms with Gasteiger partial charge >= 0.3 is 0 Å². The molecule has 0 saturated heterocycles. The van der Waals surface area contributed by atoms with Crippen LogP contribution in [0.25, 0.3) is 0 Å². The van der Waals surface area contributed by atoms with E-state index in [1.807, 2.05) is 13.8 Å². The zero-order valence-electron chi connectivity index (χ0n) is 7.97. The van der Waals surface area contributed by atoms with Gasteiger partial charge in [-0.25, -0.2) is 4.39 Å². The van der Waals surface area contributed by atoms with Gasteiger partial charge in [0.2, 0.25) is 0 Å². The van der Waals surface area contributed by atoms with Gasteiger partial charge in [-0.3, -0.25) is 0 Å². The molecule has 1 unspecified atom stereocenters. The van der Waals surface area contributed by atoms with Crippen molar-refractivity contribution in [3.8, 4) is 0 Å². The maximum atomic E-state index is 13.4. The fraction of sp³-hybridized carbons (Fsp3) is 0.400. The fourth-order valence-electron chi connectivity index (χ4n) is 1.18. The average Bonchev–Trinajstić information content (AvgIpc) is 2.03. The SMILES string of the molecule is CCC(C)(N)c1ccc(N)cc1F. The molecule has 0 bridgehead atoms. The molecule has 0 aliphatic rings. The van der Waals surface area contributed by atoms with Crippen molar-refractivity contribution < 1.29 is 4.39 Å². The lowest BCUT2D eigenvalue weighted by molar-refractivity contribution is 0.446. The number of halogens is 1. The zero-order chi connectivity index (χ0) is 10.1. The third-order valence-corrected chi connectivity index (χ3v) is 2.34. The summed E-state index contributed by atoms with van der Waals surface area (Å²) in [6.07, 6.45) is 0.688. The Labute approximate surface area is 77.7 Å². The van der Waals surface area contributed by atoms with Gasteiger partial charge in [-0.1, -0.05) is 13.0 Å². The van der Waals surface area contributed by atoms with Gasteiger partial charge in [0.25, 0.3) is 0 Å². The minimum Gasteiger partial charge on any atom is -0.399 e. The number of hydrogen-bond acceptors (Lipinski definition) is 2. The monoisotopic (exact) mass is 182 g/mol. The molecule has 1 rings (SSSR count). The molecule has 13 heavy (non-hydrogen) atoms. The predicted octanol–water partition coefficient (Wildman–Crippen LogP) is 1.99. The van der Waals surface area contributed by atoms with Gasteiger partial charge in [-0.05, 0) is 25.5 Å². The quantitative estimate of drug-likeness (QED) is 0.687. The molecule has 0 aliphatic carbocycles. The second kappa shape index (κ2) is 3.34. The average molecular weight is 182 g/mol. The molecule has 2 nitrogen and oxygen atoms in total. The molecule has 1 aromatic rings. The number of nitrogens with two attached hydrogens (primary N) is 2. The van der Waals surface area contributed by atoms with Crippen molar-refractivity contribution in [2.45, 2.75) is 25.8 Å². The van der Waals surface area contributed by atoms with Crippen LogP contribution >= 0.6 is 0 Å². The molecular formula is C10H15FN2. The molecule has 0 aliphatic heterocycles. The summed E-state index contributed by atoms with van der Waals surface area (Å²) in [5.41, 5.74) is 11.7. The Morgan fingerprint density at radius 1 is 1.46 bits per heavy atom. The third-order valence-electron chi connectivity index (χ3n) is 2.34. The minimum atomic E-state index is -0.613. The van der Waals surface area contributed by atoms with E-state index in [0.29, 0.717) is 17.7 Å². The van der Waals surface area contributed by atoms with Crippen LogP contribution in [0.4, 0.5) is 10.1 Å². The Kier molecular flexibility index (Phi) is 2.57. The number of rotatable bonds is 2. The highest BCUT2D eigenvalue weighted by atomic mass is 19.1. The number of anilines is 1. The Morgan fingerprint density at radius 3 is 2.54 bits per heavy atom. The van der Waals surface area contributed by atoms with Crippen LogP contribution in [0.1, 0.15) is 25.8 Å². The van der Waals surface area contributed by atoms with E-state index >= 15 is 0 Å². The number of nitrogen functional groups attached to an aromatic ring is 1. The van der Waals surface area contributed by atoms with Gasteiger partial charge in [0.1, 0.15) is 5.82 Å². The van der Waals surface area contributed by atoms with Gasteiger partial charge in [0.15, 0.2) is 0 Å². The van der Waals surface area contributed by atoms with Crippen LogP contribution in [0, 0.1) is 5.82 Å². The number of benzene rings is 1. The van der Waals surface area contributed by atoms with Crippen molar-refractivity contribution in [1.29, 1.82) is 0 Å². The van der Waals surface area contributed by atoms with Crippen molar-refractivity contribution >= 4 is 5.69 Å². The molecule has 1 aromatic carbocycles. The van der Waals surface area contributed by atoms with Crippen LogP contribution < -0.4 is 11.5 Å². The van der Waals surface area contributed by atoms with Crippen molar-refractivity contribution in [2.75, 3.05) is 5.73 Å². The van der Waals surface area contributed by atoms with E-state index in [0.717, 1.165) is 0 Å². The minimum absolute atomic E-state index is 0.327. The first kappa shape index (κ1) is 9.99. The summed E-state index contributed by atoms with van der Waals surface area (Å²) < 4.78 is 13.4. The first-order valence-electron chi connectivity index (χ1n) is 4.32. The molecule has 0 spiro atoms. The topological polar surface area (TPSA) is 52.0 Å². The highest BCUT2D eigenvalue weighted by molar-refractivity contribution is 5.42. The van der Waals surface area contributed by atoms with E-state index in [1.54, 1.807) is 12.1 Å². The second-order valence-corrected chi connectivity index (χ2v) is 3.51. The standard InChI is InChI=1S/C10H15FN2/c1-3-10(2,13)8-5-4-7(12)6-9(8)11/h4-6H,3,12-13H2,1-2H3. The largest absolute Gasteiger partial charge is 0.399 e. The van der Waals surface area contributed by atoms with Crippen molar-refractivity contribution in [2.24, 2.45) is 5.73 Å². The lowest BCUT2D eigenvalue weighted by Gasteiger charge is -2.23. The van der Waals surface area contributed by atoms with Crippen molar-refractivity contribution in [1.82, 2.24) is 0 Å². The van der Waals surface area contributed by atoms with E-state index in [2.05, 4.69) is 0 Å². The molecule has 0 fully saturated rings. The lowest BCUT2D eigenvalue weighted by Crippen LogP contribution is -2.33. The molecule has 3 heteroatoms. The zero-order valence-corrected chi connectivity index (χ0v) is 7.97. The number of hydrogen-bond donors (Lipinski definition) is 2. The summed E-state index contributed by atoms with van der Waals surface area (Å²) in [7, 11) is 0. The molecule has 0 amide bonds. The molecule has 72 valence electrons. The summed E-state index contributed by atoms with van der Waals surface area (Å²) in [5.74, 6) is -0.327.